The van der Waals surface area contributed by atoms with Crippen LogP contribution >= 0.6 is 0 Å². The van der Waals surface area contributed by atoms with E-state index in [9.17, 15) is 9.59 Å². The quantitative estimate of drug-likeness (QED) is 0.620. The second kappa shape index (κ2) is 8.86. The molecule has 1 heterocycles. The Labute approximate surface area is 177 Å². The predicted molar refractivity (Wildman–Crippen MR) is 120 cm³/mol. The summed E-state index contributed by atoms with van der Waals surface area (Å²) in [4.78, 5) is 26.8. The zero-order valence-corrected chi connectivity index (χ0v) is 18.0. The highest BCUT2D eigenvalue weighted by atomic mass is 16.5. The monoisotopic (exact) mass is 405 g/mol. The van der Waals surface area contributed by atoms with Crippen LogP contribution in [0, 0.1) is 13.8 Å². The highest BCUT2D eigenvalue weighted by molar-refractivity contribution is 5.97. The highest BCUT2D eigenvalue weighted by Crippen LogP contribution is 2.18. The number of hydrogen-bond donors (Lipinski definition) is 1. The highest BCUT2D eigenvalue weighted by Gasteiger charge is 2.19. The molecule has 0 aliphatic rings. The van der Waals surface area contributed by atoms with Crippen molar-refractivity contribution in [2.24, 2.45) is 0 Å². The average Bonchev–Trinajstić information content (AvgIpc) is 3.06. The van der Waals surface area contributed by atoms with Crippen molar-refractivity contribution in [2.75, 3.05) is 24.3 Å². The van der Waals surface area contributed by atoms with Gasteiger partial charge in [0.1, 0.15) is 0 Å². The van der Waals surface area contributed by atoms with E-state index in [1.807, 2.05) is 81.4 Å². The van der Waals surface area contributed by atoms with Crippen molar-refractivity contribution < 1.29 is 14.3 Å². The lowest BCUT2D eigenvalue weighted by molar-refractivity contribution is -0.123. The minimum absolute atomic E-state index is 0.379. The summed E-state index contributed by atoms with van der Waals surface area (Å²) < 4.78 is 7.45. The predicted octanol–water partition coefficient (Wildman–Crippen LogP) is 4.34. The third-order valence-corrected chi connectivity index (χ3v) is 4.94. The molecule has 30 heavy (non-hydrogen) atoms. The van der Waals surface area contributed by atoms with Gasteiger partial charge >= 0.3 is 5.97 Å². The largest absolute Gasteiger partial charge is 0.449 e. The van der Waals surface area contributed by atoms with Crippen molar-refractivity contribution in [1.29, 1.82) is 0 Å². The summed E-state index contributed by atoms with van der Waals surface area (Å²) in [5.41, 5.74) is 5.28. The number of esters is 1. The van der Waals surface area contributed by atoms with Crippen LogP contribution in [0.3, 0.4) is 0 Å². The third kappa shape index (κ3) is 4.71. The lowest BCUT2D eigenvalue weighted by atomic mass is 10.2. The van der Waals surface area contributed by atoms with Crippen molar-refractivity contribution in [3.8, 4) is 5.69 Å². The van der Waals surface area contributed by atoms with Crippen LogP contribution in [0.2, 0.25) is 0 Å². The molecule has 6 heteroatoms. The summed E-state index contributed by atoms with van der Waals surface area (Å²) in [5.74, 6) is -0.913. The van der Waals surface area contributed by atoms with Crippen molar-refractivity contribution in [3.05, 3.63) is 77.6 Å². The zero-order valence-electron chi connectivity index (χ0n) is 18.0. The zero-order chi connectivity index (χ0) is 21.8. The van der Waals surface area contributed by atoms with Crippen molar-refractivity contribution >= 4 is 23.3 Å². The number of benzene rings is 2. The van der Waals surface area contributed by atoms with Gasteiger partial charge < -0.3 is 19.5 Å². The molecule has 0 aliphatic heterocycles. The normalized spacial score (nSPS) is 11.6. The van der Waals surface area contributed by atoms with E-state index in [1.165, 1.54) is 0 Å². The minimum Gasteiger partial charge on any atom is -0.449 e. The number of nitrogens with zero attached hydrogens (tertiary/aromatic N) is 2. The fourth-order valence-electron chi connectivity index (χ4n) is 3.19. The van der Waals surface area contributed by atoms with Gasteiger partial charge in [0.05, 0.1) is 5.56 Å². The number of ether oxygens (including phenoxy) is 1. The molecule has 1 unspecified atom stereocenters. The molecule has 0 saturated heterocycles. The van der Waals surface area contributed by atoms with Gasteiger partial charge in [-0.05, 0) is 81.4 Å². The molecular formula is C24H27N3O3. The Morgan fingerprint density at radius 1 is 0.900 bits per heavy atom. The van der Waals surface area contributed by atoms with Gasteiger partial charge in [-0.15, -0.1) is 0 Å². The lowest BCUT2D eigenvalue weighted by Crippen LogP contribution is -2.30. The summed E-state index contributed by atoms with van der Waals surface area (Å²) >= 11 is 0. The van der Waals surface area contributed by atoms with E-state index in [0.717, 1.165) is 22.8 Å². The molecule has 1 N–H and O–H groups in total. The first-order chi connectivity index (χ1) is 14.3. The van der Waals surface area contributed by atoms with E-state index >= 15 is 0 Å². The molecular weight excluding hydrogens is 378 g/mol. The van der Waals surface area contributed by atoms with Gasteiger partial charge in [-0.2, -0.15) is 0 Å². The van der Waals surface area contributed by atoms with Crippen LogP contribution in [0.1, 0.15) is 28.7 Å². The number of aromatic nitrogens is 1. The van der Waals surface area contributed by atoms with Gasteiger partial charge in [-0.25, -0.2) is 4.79 Å². The molecule has 0 fully saturated rings. The summed E-state index contributed by atoms with van der Waals surface area (Å²) in [7, 11) is 3.89. The molecule has 0 radical (unpaired) electrons. The van der Waals surface area contributed by atoms with Gasteiger partial charge in [0.25, 0.3) is 5.91 Å². The first kappa shape index (κ1) is 21.2. The number of nitrogens with one attached hydrogen (secondary N) is 1. The maximum Gasteiger partial charge on any atom is 0.338 e. The summed E-state index contributed by atoms with van der Waals surface area (Å²) in [6, 6.07) is 18.7. The molecule has 0 spiro atoms. The maximum absolute atomic E-state index is 12.4. The maximum atomic E-state index is 12.4. The fourth-order valence-corrected chi connectivity index (χ4v) is 3.19. The molecule has 0 saturated carbocycles. The fraction of sp³-hybridized carbons (Fsp3) is 0.250. The number of rotatable bonds is 6. The van der Waals surface area contributed by atoms with E-state index in [4.69, 9.17) is 4.74 Å². The van der Waals surface area contributed by atoms with E-state index in [1.54, 1.807) is 19.1 Å². The number of carbonyl (C=O) groups is 2. The molecule has 1 atom stereocenters. The Hall–Kier alpha value is -3.54. The van der Waals surface area contributed by atoms with Crippen molar-refractivity contribution in [2.45, 2.75) is 26.9 Å². The van der Waals surface area contributed by atoms with Crippen LogP contribution in [0.5, 0.6) is 0 Å². The first-order valence-corrected chi connectivity index (χ1v) is 9.81. The van der Waals surface area contributed by atoms with Crippen LogP contribution in [0.25, 0.3) is 5.69 Å². The van der Waals surface area contributed by atoms with Gasteiger partial charge in [0.15, 0.2) is 6.10 Å². The van der Waals surface area contributed by atoms with Crippen LogP contribution in [0.15, 0.2) is 60.7 Å². The molecule has 0 aliphatic carbocycles. The van der Waals surface area contributed by atoms with Gasteiger partial charge in [0.2, 0.25) is 0 Å². The van der Waals surface area contributed by atoms with Crippen molar-refractivity contribution in [1.82, 2.24) is 4.57 Å². The van der Waals surface area contributed by atoms with Gasteiger partial charge in [-0.3, -0.25) is 4.79 Å². The smallest absolute Gasteiger partial charge is 0.338 e. The molecule has 6 nitrogen and oxygen atoms in total. The minimum atomic E-state index is -0.917. The van der Waals surface area contributed by atoms with Gasteiger partial charge in [-0.1, -0.05) is 0 Å². The Morgan fingerprint density at radius 2 is 1.47 bits per heavy atom. The van der Waals surface area contributed by atoms with Crippen LogP contribution < -0.4 is 10.2 Å². The van der Waals surface area contributed by atoms with E-state index in [2.05, 4.69) is 9.88 Å². The number of amides is 1. The summed E-state index contributed by atoms with van der Waals surface area (Å²) in [6.45, 7) is 5.62. The second-order valence-corrected chi connectivity index (χ2v) is 7.48. The topological polar surface area (TPSA) is 63.6 Å². The Kier molecular flexibility index (Phi) is 6.26. The number of carbonyl (C=O) groups excluding carboxylic acids is 2. The number of anilines is 2. The second-order valence-electron chi connectivity index (χ2n) is 7.48. The first-order valence-electron chi connectivity index (χ1n) is 9.81. The average molecular weight is 405 g/mol. The Bertz CT molecular complexity index is 1020. The third-order valence-electron chi connectivity index (χ3n) is 4.94. The van der Waals surface area contributed by atoms with E-state index in [0.29, 0.717) is 11.3 Å². The molecule has 3 aromatic rings. The molecule has 1 aromatic heterocycles. The molecule has 3 rings (SSSR count). The molecule has 156 valence electrons. The lowest BCUT2D eigenvalue weighted by Gasteiger charge is -2.16. The molecule has 1 amide bonds. The molecule has 0 bridgehead atoms. The Balaban J connectivity index is 1.61. The SMILES string of the molecule is Cc1ccc(C)n1-c1ccc(C(=O)OC(C)C(=O)Nc2ccc(N(C)C)cc2)cc1. The standard InChI is InChI=1S/C24H27N3O3/c1-16-6-7-17(2)27(16)22-12-8-19(9-13-22)24(29)30-18(3)23(28)25-20-10-14-21(15-11-20)26(4)5/h6-15,18H,1-5H3,(H,25,28). The Morgan fingerprint density at radius 3 is 2.00 bits per heavy atom. The number of hydrogen-bond acceptors (Lipinski definition) is 4. The van der Waals surface area contributed by atoms with E-state index in [-0.39, 0.29) is 5.91 Å². The van der Waals surface area contributed by atoms with Crippen molar-refractivity contribution in [3.63, 3.8) is 0 Å². The summed E-state index contributed by atoms with van der Waals surface area (Å²) in [6.07, 6.45) is -0.917. The van der Waals surface area contributed by atoms with Crippen LogP contribution in [0.4, 0.5) is 11.4 Å². The number of aryl methyl sites for hydroxylation is 2. The summed E-state index contributed by atoms with van der Waals surface area (Å²) in [5, 5.41) is 2.77. The van der Waals surface area contributed by atoms with Crippen LogP contribution in [-0.2, 0) is 9.53 Å². The van der Waals surface area contributed by atoms with Gasteiger partial charge in [0, 0.05) is 42.5 Å². The molecule has 2 aromatic carbocycles. The van der Waals surface area contributed by atoms with Crippen LogP contribution in [-0.4, -0.2) is 36.6 Å². The van der Waals surface area contributed by atoms with E-state index < -0.39 is 12.1 Å².